The molecular formula is C23H18BrN3O3. The predicted molar refractivity (Wildman–Crippen MR) is 117 cm³/mol. The number of nitrogens with zero attached hydrogens (tertiary/aromatic N) is 2. The Bertz CT molecular complexity index is 1130. The fraction of sp³-hybridized carbons (Fsp3) is 0.0870. The number of methoxy groups -OCH3 is 1. The minimum absolute atomic E-state index is 0.148. The molecule has 7 heteroatoms. The van der Waals surface area contributed by atoms with E-state index < -0.39 is 0 Å². The second-order valence-corrected chi connectivity index (χ2v) is 7.59. The fourth-order valence-corrected chi connectivity index (χ4v) is 3.65. The third-order valence-electron chi connectivity index (χ3n) is 4.70. The van der Waals surface area contributed by atoms with Crippen molar-refractivity contribution in [2.45, 2.75) is 6.54 Å². The molecule has 4 rings (SSSR count). The van der Waals surface area contributed by atoms with Crippen molar-refractivity contribution in [1.82, 2.24) is 9.88 Å². The lowest BCUT2D eigenvalue weighted by molar-refractivity contribution is -0.137. The lowest BCUT2D eigenvalue weighted by Gasteiger charge is -2.15. The van der Waals surface area contributed by atoms with Crippen LogP contribution in [0.5, 0.6) is 5.75 Å². The van der Waals surface area contributed by atoms with Crippen LogP contribution in [0.2, 0.25) is 0 Å². The first-order chi connectivity index (χ1) is 14.6. The van der Waals surface area contributed by atoms with Gasteiger partial charge in [-0.05, 0) is 47.5 Å². The van der Waals surface area contributed by atoms with Crippen LogP contribution in [-0.2, 0) is 16.1 Å². The number of carbonyl (C=O) groups excluding carboxylic acids is 2. The van der Waals surface area contributed by atoms with Gasteiger partial charge in [0.1, 0.15) is 11.4 Å². The van der Waals surface area contributed by atoms with E-state index in [-0.39, 0.29) is 24.1 Å². The first kappa shape index (κ1) is 19.8. The molecule has 30 heavy (non-hydrogen) atoms. The van der Waals surface area contributed by atoms with Crippen LogP contribution in [0.15, 0.2) is 83.2 Å². The number of rotatable bonds is 6. The van der Waals surface area contributed by atoms with E-state index in [0.29, 0.717) is 22.6 Å². The van der Waals surface area contributed by atoms with Gasteiger partial charge in [-0.2, -0.15) is 0 Å². The lowest BCUT2D eigenvalue weighted by atomic mass is 10.0. The molecule has 6 nitrogen and oxygen atoms in total. The van der Waals surface area contributed by atoms with Crippen molar-refractivity contribution in [3.05, 3.63) is 94.4 Å². The van der Waals surface area contributed by atoms with Crippen LogP contribution in [0.4, 0.5) is 5.69 Å². The summed E-state index contributed by atoms with van der Waals surface area (Å²) in [5.41, 5.74) is 2.69. The van der Waals surface area contributed by atoms with Crippen molar-refractivity contribution in [1.29, 1.82) is 0 Å². The van der Waals surface area contributed by atoms with Gasteiger partial charge in [-0.25, -0.2) is 0 Å². The van der Waals surface area contributed by atoms with Gasteiger partial charge in [0, 0.05) is 22.6 Å². The van der Waals surface area contributed by atoms with Crippen LogP contribution < -0.4 is 10.1 Å². The number of pyridine rings is 1. The Balaban J connectivity index is 1.74. The van der Waals surface area contributed by atoms with E-state index in [2.05, 4.69) is 26.2 Å². The number of hydrogen-bond acceptors (Lipinski definition) is 5. The third kappa shape index (κ3) is 3.97. The van der Waals surface area contributed by atoms with Crippen LogP contribution in [-0.4, -0.2) is 28.8 Å². The topological polar surface area (TPSA) is 71.5 Å². The monoisotopic (exact) mass is 463 g/mol. The molecule has 0 fully saturated rings. The summed E-state index contributed by atoms with van der Waals surface area (Å²) in [4.78, 5) is 31.8. The summed E-state index contributed by atoms with van der Waals surface area (Å²) in [6.45, 7) is 0.148. The lowest BCUT2D eigenvalue weighted by Crippen LogP contribution is -2.32. The Morgan fingerprint density at radius 2 is 1.83 bits per heavy atom. The molecule has 3 aromatic rings. The summed E-state index contributed by atoms with van der Waals surface area (Å²) >= 11 is 3.43. The average molecular weight is 464 g/mol. The van der Waals surface area contributed by atoms with E-state index >= 15 is 0 Å². The van der Waals surface area contributed by atoms with E-state index in [1.807, 2.05) is 30.3 Å². The van der Waals surface area contributed by atoms with Gasteiger partial charge in [0.25, 0.3) is 11.8 Å². The van der Waals surface area contributed by atoms with E-state index in [1.54, 1.807) is 49.8 Å². The van der Waals surface area contributed by atoms with Crippen molar-refractivity contribution in [3.8, 4) is 5.75 Å². The number of anilines is 1. The molecular weight excluding hydrogens is 446 g/mol. The van der Waals surface area contributed by atoms with Gasteiger partial charge in [0.2, 0.25) is 0 Å². The zero-order valence-electron chi connectivity index (χ0n) is 16.1. The molecule has 0 bridgehead atoms. The van der Waals surface area contributed by atoms with E-state index in [1.165, 1.54) is 4.90 Å². The van der Waals surface area contributed by atoms with Crippen LogP contribution in [0, 0.1) is 0 Å². The maximum Gasteiger partial charge on any atom is 0.278 e. The molecule has 2 amide bonds. The summed E-state index contributed by atoms with van der Waals surface area (Å²) in [6, 6.07) is 18.1. The predicted octanol–water partition coefficient (Wildman–Crippen LogP) is 4.24. The standard InChI is InChI=1S/C23H18BrN3O3/c1-30-19-9-7-16(8-10-19)20-21(26-18-6-2-5-17(24)12-18)23(29)27(22(20)28)14-15-4-3-11-25-13-15/h2-13,26H,14H2,1H3. The number of aromatic nitrogens is 1. The SMILES string of the molecule is COc1ccc(C2=C(Nc3cccc(Br)c3)C(=O)N(Cc3cccnc3)C2=O)cc1. The number of hydrogen-bond donors (Lipinski definition) is 1. The number of carbonyl (C=O) groups is 2. The van der Waals surface area contributed by atoms with Crippen molar-refractivity contribution in [3.63, 3.8) is 0 Å². The summed E-state index contributed by atoms with van der Waals surface area (Å²) in [5.74, 6) is -0.0639. The van der Waals surface area contributed by atoms with Gasteiger partial charge < -0.3 is 10.1 Å². The van der Waals surface area contributed by atoms with Crippen LogP contribution >= 0.6 is 15.9 Å². The first-order valence-electron chi connectivity index (χ1n) is 9.23. The smallest absolute Gasteiger partial charge is 0.278 e. The quantitative estimate of drug-likeness (QED) is 0.553. The van der Waals surface area contributed by atoms with Gasteiger partial charge in [-0.3, -0.25) is 19.5 Å². The molecule has 0 spiro atoms. The summed E-state index contributed by atoms with van der Waals surface area (Å²) in [7, 11) is 1.58. The third-order valence-corrected chi connectivity index (χ3v) is 5.20. The molecule has 1 aliphatic heterocycles. The second kappa shape index (κ2) is 8.51. The fourth-order valence-electron chi connectivity index (χ4n) is 3.25. The summed E-state index contributed by atoms with van der Waals surface area (Å²) in [5, 5.41) is 3.15. The van der Waals surface area contributed by atoms with Crippen molar-refractivity contribution >= 4 is 39.0 Å². The second-order valence-electron chi connectivity index (χ2n) is 6.67. The van der Waals surface area contributed by atoms with Crippen LogP contribution in [0.3, 0.4) is 0 Å². The van der Waals surface area contributed by atoms with Gasteiger partial charge in [-0.15, -0.1) is 0 Å². The van der Waals surface area contributed by atoms with Gasteiger partial charge >= 0.3 is 0 Å². The highest BCUT2D eigenvalue weighted by atomic mass is 79.9. The minimum atomic E-state index is -0.380. The minimum Gasteiger partial charge on any atom is -0.497 e. The maximum absolute atomic E-state index is 13.3. The molecule has 1 aliphatic rings. The maximum atomic E-state index is 13.3. The zero-order valence-corrected chi connectivity index (χ0v) is 17.7. The number of amides is 2. The Morgan fingerprint density at radius 1 is 1.03 bits per heavy atom. The Kier molecular flexibility index (Phi) is 5.63. The molecule has 0 saturated carbocycles. The molecule has 1 N–H and O–H groups in total. The molecule has 0 unspecified atom stereocenters. The average Bonchev–Trinajstić information content (AvgIpc) is 2.99. The molecule has 0 saturated heterocycles. The Hall–Kier alpha value is -3.45. The summed E-state index contributed by atoms with van der Waals surface area (Å²) in [6.07, 6.45) is 3.30. The molecule has 0 radical (unpaired) electrons. The normalized spacial score (nSPS) is 13.7. The van der Waals surface area contributed by atoms with Gasteiger partial charge in [0.05, 0.1) is 19.2 Å². The first-order valence-corrected chi connectivity index (χ1v) is 10.0. The highest BCUT2D eigenvalue weighted by Crippen LogP contribution is 2.32. The number of halogens is 1. The highest BCUT2D eigenvalue weighted by molar-refractivity contribution is 9.10. The number of nitrogens with one attached hydrogen (secondary N) is 1. The Morgan fingerprint density at radius 3 is 2.50 bits per heavy atom. The Labute approximate surface area is 182 Å². The van der Waals surface area contributed by atoms with Crippen molar-refractivity contribution in [2.75, 3.05) is 12.4 Å². The molecule has 0 aliphatic carbocycles. The molecule has 1 aromatic heterocycles. The van der Waals surface area contributed by atoms with Crippen molar-refractivity contribution < 1.29 is 14.3 Å². The van der Waals surface area contributed by atoms with E-state index in [9.17, 15) is 9.59 Å². The summed E-state index contributed by atoms with van der Waals surface area (Å²) < 4.78 is 6.07. The van der Waals surface area contributed by atoms with Gasteiger partial charge in [0.15, 0.2) is 0 Å². The number of benzene rings is 2. The van der Waals surface area contributed by atoms with Crippen LogP contribution in [0.1, 0.15) is 11.1 Å². The largest absolute Gasteiger partial charge is 0.497 e. The number of ether oxygens (including phenoxy) is 1. The zero-order chi connectivity index (χ0) is 21.1. The molecule has 150 valence electrons. The molecule has 2 heterocycles. The van der Waals surface area contributed by atoms with Crippen LogP contribution in [0.25, 0.3) is 5.57 Å². The van der Waals surface area contributed by atoms with Gasteiger partial charge in [-0.1, -0.05) is 40.2 Å². The van der Waals surface area contributed by atoms with E-state index in [0.717, 1.165) is 10.0 Å². The van der Waals surface area contributed by atoms with E-state index in [4.69, 9.17) is 4.74 Å². The highest BCUT2D eigenvalue weighted by Gasteiger charge is 2.39. The molecule has 2 aromatic carbocycles. The number of imide groups is 1. The van der Waals surface area contributed by atoms with Crippen molar-refractivity contribution in [2.24, 2.45) is 0 Å². The molecule has 0 atom stereocenters.